The number of rotatable bonds is 4. The first kappa shape index (κ1) is 15.0. The molecular formula is C13H15N3O5. The molecule has 21 heavy (non-hydrogen) atoms. The Morgan fingerprint density at radius 1 is 1.57 bits per heavy atom. The number of hydrogen-bond acceptors (Lipinski definition) is 6. The summed E-state index contributed by atoms with van der Waals surface area (Å²) in [5.41, 5.74) is 3.84. The molecule has 0 bridgehead atoms. The number of nitrogens with two attached hydrogens (primary N) is 1. The molecule has 1 fully saturated rings. The first-order valence-electron chi connectivity index (χ1n) is 6.49. The third-order valence-corrected chi connectivity index (χ3v) is 3.80. The maximum atomic E-state index is 12.3. The molecule has 0 aromatic carbocycles. The summed E-state index contributed by atoms with van der Waals surface area (Å²) < 4.78 is 5.60. The number of amides is 1. The van der Waals surface area contributed by atoms with E-state index >= 15 is 0 Å². The number of hydrogen-bond donors (Lipinski definition) is 2. The zero-order valence-electron chi connectivity index (χ0n) is 11.6. The third kappa shape index (κ3) is 1.96. The molecule has 0 saturated carbocycles. The molecule has 2 rings (SSSR count). The number of carbonyl (C=O) groups excluding carboxylic acids is 2. The van der Waals surface area contributed by atoms with E-state index < -0.39 is 28.0 Å². The fourth-order valence-corrected chi connectivity index (χ4v) is 2.86. The van der Waals surface area contributed by atoms with Crippen LogP contribution in [0.25, 0.3) is 0 Å². The lowest BCUT2D eigenvalue weighted by Crippen LogP contribution is -2.46. The minimum Gasteiger partial charge on any atom is -0.392 e. The van der Waals surface area contributed by atoms with Gasteiger partial charge in [0.2, 0.25) is 0 Å². The van der Waals surface area contributed by atoms with Crippen LogP contribution in [-0.2, 0) is 14.3 Å². The van der Waals surface area contributed by atoms with Crippen LogP contribution in [0, 0.1) is 16.0 Å². The molecule has 0 aromatic rings. The van der Waals surface area contributed by atoms with Gasteiger partial charge in [-0.15, -0.1) is 0 Å². The van der Waals surface area contributed by atoms with Crippen LogP contribution in [-0.4, -0.2) is 29.0 Å². The number of carbonyl (C=O) groups is 1. The standard InChI is InChI=1S/C13H15N3O5/c1-3-13(21-4-2)10-7(6-17)11(14)9(16(19)20)5-8(10)15-12(13)18/h5,10H,3-4,14H2,1-2H3,(H,15,18). The van der Waals surface area contributed by atoms with Gasteiger partial charge < -0.3 is 15.8 Å². The largest absolute Gasteiger partial charge is 0.392 e. The van der Waals surface area contributed by atoms with Gasteiger partial charge in [-0.2, -0.15) is 0 Å². The summed E-state index contributed by atoms with van der Waals surface area (Å²) in [6, 6.07) is 0. The van der Waals surface area contributed by atoms with E-state index in [0.717, 1.165) is 0 Å². The molecule has 1 aliphatic heterocycles. The molecule has 2 unspecified atom stereocenters. The van der Waals surface area contributed by atoms with E-state index in [4.69, 9.17) is 10.5 Å². The summed E-state index contributed by atoms with van der Waals surface area (Å²) in [4.78, 5) is 33.8. The zero-order valence-corrected chi connectivity index (χ0v) is 11.6. The average molecular weight is 293 g/mol. The van der Waals surface area contributed by atoms with Crippen molar-refractivity contribution in [3.8, 4) is 0 Å². The molecule has 0 aromatic heterocycles. The average Bonchev–Trinajstić information content (AvgIpc) is 2.71. The Balaban J connectivity index is 2.65. The Hall–Kier alpha value is -2.44. The summed E-state index contributed by atoms with van der Waals surface area (Å²) in [5.74, 6) is 0.412. The van der Waals surface area contributed by atoms with Crippen molar-refractivity contribution in [1.82, 2.24) is 5.32 Å². The van der Waals surface area contributed by atoms with Crippen molar-refractivity contribution in [2.75, 3.05) is 6.61 Å². The smallest absolute Gasteiger partial charge is 0.294 e. The number of ether oxygens (including phenoxy) is 1. The second-order valence-electron chi connectivity index (χ2n) is 4.73. The van der Waals surface area contributed by atoms with Crippen molar-refractivity contribution < 1.29 is 19.2 Å². The van der Waals surface area contributed by atoms with Crippen LogP contribution in [0.2, 0.25) is 0 Å². The SMILES string of the molecule is CCOC1(CC)C(=O)NC2=CC([N+](=O)[O-])=C(N)C(=C=O)C21. The molecule has 8 heteroatoms. The van der Waals surface area contributed by atoms with Crippen LogP contribution in [0.15, 0.2) is 28.7 Å². The van der Waals surface area contributed by atoms with Gasteiger partial charge in [0.1, 0.15) is 11.6 Å². The van der Waals surface area contributed by atoms with Crippen molar-refractivity contribution in [1.29, 1.82) is 0 Å². The third-order valence-electron chi connectivity index (χ3n) is 3.80. The van der Waals surface area contributed by atoms with Gasteiger partial charge in [-0.25, -0.2) is 4.79 Å². The number of nitrogens with one attached hydrogen (secondary N) is 1. The summed E-state index contributed by atoms with van der Waals surface area (Å²) in [5, 5.41) is 13.5. The van der Waals surface area contributed by atoms with Crippen molar-refractivity contribution in [2.24, 2.45) is 11.7 Å². The maximum Gasteiger partial charge on any atom is 0.294 e. The molecule has 0 radical (unpaired) electrons. The second-order valence-corrected chi connectivity index (χ2v) is 4.73. The summed E-state index contributed by atoms with van der Waals surface area (Å²) in [6.45, 7) is 3.72. The Morgan fingerprint density at radius 3 is 2.71 bits per heavy atom. The van der Waals surface area contributed by atoms with E-state index in [2.05, 4.69) is 5.32 Å². The zero-order chi connectivity index (χ0) is 15.8. The lowest BCUT2D eigenvalue weighted by Gasteiger charge is -2.32. The molecule has 8 nitrogen and oxygen atoms in total. The molecule has 1 heterocycles. The Kier molecular flexibility index (Phi) is 3.67. The van der Waals surface area contributed by atoms with Crippen LogP contribution < -0.4 is 11.1 Å². The van der Waals surface area contributed by atoms with Crippen molar-refractivity contribution in [2.45, 2.75) is 25.9 Å². The van der Waals surface area contributed by atoms with E-state index in [1.807, 2.05) is 0 Å². The Labute approximate surface area is 120 Å². The van der Waals surface area contributed by atoms with E-state index in [-0.39, 0.29) is 23.6 Å². The maximum absolute atomic E-state index is 12.3. The van der Waals surface area contributed by atoms with Gasteiger partial charge in [0, 0.05) is 18.4 Å². The molecule has 112 valence electrons. The quantitative estimate of drug-likeness (QED) is 0.427. The van der Waals surface area contributed by atoms with Gasteiger partial charge in [-0.05, 0) is 13.3 Å². The molecule has 2 aliphatic rings. The Morgan fingerprint density at radius 2 is 2.24 bits per heavy atom. The highest BCUT2D eigenvalue weighted by atomic mass is 16.6. The highest BCUT2D eigenvalue weighted by molar-refractivity contribution is 5.93. The number of nitro groups is 1. The van der Waals surface area contributed by atoms with Crippen LogP contribution >= 0.6 is 0 Å². The van der Waals surface area contributed by atoms with Crippen LogP contribution in [0.1, 0.15) is 20.3 Å². The summed E-state index contributed by atoms with van der Waals surface area (Å²) in [6.07, 6.45) is 1.47. The van der Waals surface area contributed by atoms with Gasteiger partial charge >= 0.3 is 0 Å². The lowest BCUT2D eigenvalue weighted by molar-refractivity contribution is -0.420. The van der Waals surface area contributed by atoms with Crippen molar-refractivity contribution in [3.05, 3.63) is 38.9 Å². The summed E-state index contributed by atoms with van der Waals surface area (Å²) >= 11 is 0. The molecule has 1 amide bonds. The fourth-order valence-electron chi connectivity index (χ4n) is 2.86. The van der Waals surface area contributed by atoms with E-state index in [1.165, 1.54) is 6.08 Å². The van der Waals surface area contributed by atoms with Crippen molar-refractivity contribution in [3.63, 3.8) is 0 Å². The molecular weight excluding hydrogens is 278 g/mol. The fraction of sp³-hybridized carbons (Fsp3) is 0.462. The second kappa shape index (κ2) is 5.16. The minimum absolute atomic E-state index is 0.118. The monoisotopic (exact) mass is 293 g/mol. The van der Waals surface area contributed by atoms with E-state index in [9.17, 15) is 19.7 Å². The van der Waals surface area contributed by atoms with E-state index in [1.54, 1.807) is 19.8 Å². The normalized spacial score (nSPS) is 27.9. The predicted octanol–water partition coefficient (Wildman–Crippen LogP) is 0.0202. The van der Waals surface area contributed by atoms with Gasteiger partial charge in [-0.1, -0.05) is 6.92 Å². The number of fused-ring (bicyclic) bond motifs is 1. The highest BCUT2D eigenvalue weighted by Gasteiger charge is 2.57. The topological polar surface area (TPSA) is 125 Å². The molecule has 2 atom stereocenters. The highest BCUT2D eigenvalue weighted by Crippen LogP contribution is 2.45. The van der Waals surface area contributed by atoms with Gasteiger partial charge in [-0.3, -0.25) is 14.9 Å². The van der Waals surface area contributed by atoms with E-state index in [0.29, 0.717) is 6.42 Å². The molecule has 0 spiro atoms. The van der Waals surface area contributed by atoms with Crippen molar-refractivity contribution >= 4 is 11.8 Å². The first-order chi connectivity index (χ1) is 9.92. The number of allylic oxidation sites excluding steroid dienone is 2. The lowest BCUT2D eigenvalue weighted by atomic mass is 9.77. The van der Waals surface area contributed by atoms with Crippen LogP contribution in [0.5, 0.6) is 0 Å². The van der Waals surface area contributed by atoms with Gasteiger partial charge in [0.05, 0.1) is 16.4 Å². The number of nitrogens with zero attached hydrogens (tertiary/aromatic N) is 1. The van der Waals surface area contributed by atoms with Gasteiger partial charge in [0.25, 0.3) is 11.6 Å². The predicted molar refractivity (Wildman–Crippen MR) is 71.8 cm³/mol. The van der Waals surface area contributed by atoms with Crippen LogP contribution in [0.4, 0.5) is 0 Å². The van der Waals surface area contributed by atoms with Crippen LogP contribution in [0.3, 0.4) is 0 Å². The minimum atomic E-state index is -1.29. The van der Waals surface area contributed by atoms with Gasteiger partial charge in [0.15, 0.2) is 5.60 Å². The first-order valence-corrected chi connectivity index (χ1v) is 6.49. The molecule has 1 saturated heterocycles. The molecule has 1 aliphatic carbocycles. The molecule has 3 N–H and O–H groups in total. The summed E-state index contributed by atoms with van der Waals surface area (Å²) in [7, 11) is 0. The Bertz CT molecular complexity index is 630.